The third-order valence-electron chi connectivity index (χ3n) is 5.76. The molecule has 0 aliphatic carbocycles. The molecule has 0 saturated carbocycles. The van der Waals surface area contributed by atoms with Gasteiger partial charge in [0.2, 0.25) is 17.7 Å². The van der Waals surface area contributed by atoms with Gasteiger partial charge in [-0.15, -0.1) is 0 Å². The summed E-state index contributed by atoms with van der Waals surface area (Å²) in [6.45, 7) is 1.84. The average molecular weight is 394 g/mol. The van der Waals surface area contributed by atoms with Gasteiger partial charge in [-0.2, -0.15) is 0 Å². The number of amides is 3. The van der Waals surface area contributed by atoms with Crippen molar-refractivity contribution < 1.29 is 24.2 Å². The highest BCUT2D eigenvalue weighted by molar-refractivity contribution is 6.35. The van der Waals surface area contributed by atoms with Gasteiger partial charge in [0.15, 0.2) is 0 Å². The van der Waals surface area contributed by atoms with E-state index in [1.165, 1.54) is 14.0 Å². The molecule has 0 aromatic heterocycles. The Morgan fingerprint density at radius 1 is 1.33 bits per heavy atom. The number of ether oxygens (including phenoxy) is 1. The van der Waals surface area contributed by atoms with Gasteiger partial charge in [0, 0.05) is 18.7 Å². The van der Waals surface area contributed by atoms with Gasteiger partial charge in [-0.1, -0.05) is 23.7 Å². The van der Waals surface area contributed by atoms with Gasteiger partial charge in [0.1, 0.15) is 5.54 Å². The number of halogens is 1. The number of rotatable bonds is 4. The monoisotopic (exact) mass is 393 g/mol. The maximum absolute atomic E-state index is 13.2. The molecular weight excluding hydrogens is 374 g/mol. The minimum atomic E-state index is -1.44. The van der Waals surface area contributed by atoms with Crippen LogP contribution in [0.5, 0.6) is 0 Å². The maximum atomic E-state index is 13.2. The molecule has 3 aliphatic heterocycles. The van der Waals surface area contributed by atoms with E-state index in [2.05, 4.69) is 10.6 Å². The highest BCUT2D eigenvalue weighted by Gasteiger charge is 2.71. The number of anilines is 1. The lowest BCUT2D eigenvalue weighted by Gasteiger charge is -2.30. The lowest BCUT2D eigenvalue weighted by Crippen LogP contribution is -2.55. The van der Waals surface area contributed by atoms with Crippen molar-refractivity contribution >= 4 is 35.0 Å². The molecule has 0 unspecified atom stereocenters. The van der Waals surface area contributed by atoms with Crippen LogP contribution in [0.2, 0.25) is 5.02 Å². The lowest BCUT2D eigenvalue weighted by atomic mass is 9.76. The minimum Gasteiger partial charge on any atom is -0.392 e. The Kier molecular flexibility index (Phi) is 4.27. The summed E-state index contributed by atoms with van der Waals surface area (Å²) in [5.41, 5.74) is -0.494. The summed E-state index contributed by atoms with van der Waals surface area (Å²) in [4.78, 5) is 40.4. The van der Waals surface area contributed by atoms with E-state index in [0.29, 0.717) is 16.3 Å². The van der Waals surface area contributed by atoms with Crippen LogP contribution in [0.3, 0.4) is 0 Å². The van der Waals surface area contributed by atoms with Crippen LogP contribution < -0.4 is 10.6 Å². The second-order valence-electron chi connectivity index (χ2n) is 7.16. The zero-order chi connectivity index (χ0) is 19.5. The summed E-state index contributed by atoms with van der Waals surface area (Å²) in [5.74, 6) is -3.09. The number of para-hydroxylation sites is 1. The van der Waals surface area contributed by atoms with E-state index < -0.39 is 47.2 Å². The minimum absolute atomic E-state index is 0.105. The number of aliphatic hydroxyl groups is 1. The molecule has 3 amide bonds. The molecule has 144 valence electrons. The SMILES string of the molecule is COCCN1C(=O)[C@@H]2[C@@H]([C@@H](C)O)N[C@]3(C(=O)Nc4c(Cl)cccc43)[C@@H]2C1=O. The van der Waals surface area contributed by atoms with Crippen molar-refractivity contribution in [2.24, 2.45) is 11.8 Å². The number of carbonyl (C=O) groups excluding carboxylic acids is 3. The molecule has 0 bridgehead atoms. The van der Waals surface area contributed by atoms with Crippen molar-refractivity contribution in [2.75, 3.05) is 25.6 Å². The first-order valence-electron chi connectivity index (χ1n) is 8.75. The summed E-state index contributed by atoms with van der Waals surface area (Å²) >= 11 is 6.23. The van der Waals surface area contributed by atoms with Gasteiger partial charge < -0.3 is 15.2 Å². The number of aliphatic hydroxyl groups excluding tert-OH is 1. The number of carbonyl (C=O) groups is 3. The number of fused-ring (bicyclic) bond motifs is 4. The van der Waals surface area contributed by atoms with Crippen LogP contribution in [0.1, 0.15) is 12.5 Å². The summed E-state index contributed by atoms with van der Waals surface area (Å²) < 4.78 is 5.00. The number of methoxy groups -OCH3 is 1. The Hall–Kier alpha value is -2.00. The Labute approximate surface area is 160 Å². The van der Waals surface area contributed by atoms with Gasteiger partial charge in [-0.3, -0.25) is 24.6 Å². The standard InChI is InChI=1S/C18H20ClN3O5/c1-8(23)13-11-12(16(25)22(15(11)24)6-7-27-2)18(21-13)9-4-3-5-10(19)14(9)20-17(18)26/h3-5,8,11-13,21,23H,6-7H2,1-2H3,(H,20,26)/t8-,11+,12+,13-,18+/m1/s1. The van der Waals surface area contributed by atoms with Gasteiger partial charge >= 0.3 is 0 Å². The summed E-state index contributed by atoms with van der Waals surface area (Å²) in [6, 6.07) is 4.31. The van der Waals surface area contributed by atoms with Crippen LogP contribution in [0.15, 0.2) is 18.2 Å². The third-order valence-corrected chi connectivity index (χ3v) is 6.08. The highest BCUT2D eigenvalue weighted by Crippen LogP contribution is 2.54. The number of imide groups is 1. The van der Waals surface area contributed by atoms with E-state index in [0.717, 1.165) is 4.90 Å². The van der Waals surface area contributed by atoms with Gasteiger partial charge in [-0.25, -0.2) is 0 Å². The first-order chi connectivity index (χ1) is 12.8. The molecule has 2 saturated heterocycles. The van der Waals surface area contributed by atoms with Gasteiger partial charge in [0.25, 0.3) is 0 Å². The molecular formula is C18H20ClN3O5. The second-order valence-corrected chi connectivity index (χ2v) is 7.57. The zero-order valence-corrected chi connectivity index (χ0v) is 15.6. The number of likely N-dealkylation sites (tertiary alicyclic amines) is 1. The normalized spacial score (nSPS) is 32.8. The van der Waals surface area contributed by atoms with Crippen LogP contribution in [-0.2, 0) is 24.7 Å². The zero-order valence-electron chi connectivity index (χ0n) is 14.9. The van der Waals surface area contributed by atoms with Crippen LogP contribution in [0.4, 0.5) is 5.69 Å². The Bertz CT molecular complexity index is 844. The number of hydrogen-bond acceptors (Lipinski definition) is 6. The van der Waals surface area contributed by atoms with Crippen LogP contribution in [0, 0.1) is 11.8 Å². The Morgan fingerprint density at radius 2 is 2.07 bits per heavy atom. The van der Waals surface area contributed by atoms with E-state index in [4.69, 9.17) is 16.3 Å². The van der Waals surface area contributed by atoms with Crippen molar-refractivity contribution in [3.8, 4) is 0 Å². The molecule has 8 nitrogen and oxygen atoms in total. The van der Waals surface area contributed by atoms with E-state index in [1.807, 2.05) is 0 Å². The molecule has 1 aromatic rings. The number of nitrogens with zero attached hydrogens (tertiary/aromatic N) is 1. The molecule has 0 radical (unpaired) electrons. The molecule has 1 spiro atoms. The fraction of sp³-hybridized carbons (Fsp3) is 0.500. The summed E-state index contributed by atoms with van der Waals surface area (Å²) in [7, 11) is 1.48. The molecule has 9 heteroatoms. The smallest absolute Gasteiger partial charge is 0.250 e. The van der Waals surface area contributed by atoms with E-state index in [1.54, 1.807) is 18.2 Å². The van der Waals surface area contributed by atoms with Crippen molar-refractivity contribution in [1.82, 2.24) is 10.2 Å². The quantitative estimate of drug-likeness (QED) is 0.626. The van der Waals surface area contributed by atoms with E-state index >= 15 is 0 Å². The van der Waals surface area contributed by atoms with Crippen molar-refractivity contribution in [3.05, 3.63) is 28.8 Å². The van der Waals surface area contributed by atoms with Crippen LogP contribution in [-0.4, -0.2) is 60.1 Å². The van der Waals surface area contributed by atoms with Crippen molar-refractivity contribution in [1.29, 1.82) is 0 Å². The largest absolute Gasteiger partial charge is 0.392 e. The number of hydrogen-bond donors (Lipinski definition) is 3. The molecule has 3 N–H and O–H groups in total. The summed E-state index contributed by atoms with van der Waals surface area (Å²) in [5, 5.41) is 16.5. The van der Waals surface area contributed by atoms with Gasteiger partial charge in [0.05, 0.1) is 41.8 Å². The van der Waals surface area contributed by atoms with Crippen molar-refractivity contribution in [2.45, 2.75) is 24.6 Å². The highest BCUT2D eigenvalue weighted by atomic mass is 35.5. The molecule has 3 aliphatic rings. The predicted molar refractivity (Wildman–Crippen MR) is 95.9 cm³/mol. The third kappa shape index (κ3) is 2.30. The second kappa shape index (κ2) is 6.27. The molecule has 27 heavy (non-hydrogen) atoms. The fourth-order valence-electron chi connectivity index (χ4n) is 4.60. The van der Waals surface area contributed by atoms with Crippen LogP contribution in [0.25, 0.3) is 0 Å². The fourth-order valence-corrected chi connectivity index (χ4v) is 4.82. The number of nitrogens with one attached hydrogen (secondary N) is 2. The van der Waals surface area contributed by atoms with Crippen molar-refractivity contribution in [3.63, 3.8) is 0 Å². The topological polar surface area (TPSA) is 108 Å². The molecule has 1 aromatic carbocycles. The number of benzene rings is 1. The maximum Gasteiger partial charge on any atom is 0.250 e. The van der Waals surface area contributed by atoms with E-state index in [9.17, 15) is 19.5 Å². The molecule has 3 heterocycles. The predicted octanol–water partition coefficient (Wildman–Crippen LogP) is 0.0876. The Balaban J connectivity index is 1.87. The molecule has 4 rings (SSSR count). The lowest BCUT2D eigenvalue weighted by molar-refractivity contribution is -0.143. The van der Waals surface area contributed by atoms with Crippen LogP contribution >= 0.6 is 11.6 Å². The first-order valence-corrected chi connectivity index (χ1v) is 9.12. The van der Waals surface area contributed by atoms with E-state index in [-0.39, 0.29) is 13.2 Å². The first kappa shape index (κ1) is 18.4. The molecule has 5 atom stereocenters. The molecule has 2 fully saturated rings. The van der Waals surface area contributed by atoms with Gasteiger partial charge in [-0.05, 0) is 13.0 Å². The average Bonchev–Trinajstić information content (AvgIpc) is 3.21. The summed E-state index contributed by atoms with van der Waals surface area (Å²) in [6.07, 6.45) is -0.938. The Morgan fingerprint density at radius 3 is 2.74 bits per heavy atom.